The fourth-order valence-corrected chi connectivity index (χ4v) is 2.32. The molecule has 0 amide bonds. The molecule has 2 rings (SSSR count). The second kappa shape index (κ2) is 4.62. The minimum absolute atomic E-state index is 0.184. The summed E-state index contributed by atoms with van der Waals surface area (Å²) in [6.45, 7) is 2.07. The SMILES string of the molecule is COc1ccc2c(c1)C(CCC(=O)O)=C(C)C2. The van der Waals surface area contributed by atoms with E-state index < -0.39 is 5.97 Å². The maximum Gasteiger partial charge on any atom is 0.303 e. The molecule has 0 bridgehead atoms. The van der Waals surface area contributed by atoms with Crippen molar-refractivity contribution in [3.8, 4) is 5.75 Å². The highest BCUT2D eigenvalue weighted by Crippen LogP contribution is 2.37. The van der Waals surface area contributed by atoms with Gasteiger partial charge in [0, 0.05) is 6.42 Å². The largest absolute Gasteiger partial charge is 0.497 e. The molecule has 1 aromatic carbocycles. The summed E-state index contributed by atoms with van der Waals surface area (Å²) < 4.78 is 5.21. The maximum absolute atomic E-state index is 10.7. The average Bonchev–Trinajstić information content (AvgIpc) is 2.61. The van der Waals surface area contributed by atoms with Crippen molar-refractivity contribution in [3.63, 3.8) is 0 Å². The van der Waals surface area contributed by atoms with E-state index >= 15 is 0 Å². The van der Waals surface area contributed by atoms with Gasteiger partial charge in [-0.3, -0.25) is 4.79 Å². The maximum atomic E-state index is 10.7. The Morgan fingerprint density at radius 1 is 1.47 bits per heavy atom. The van der Waals surface area contributed by atoms with Crippen LogP contribution in [0.3, 0.4) is 0 Å². The Balaban J connectivity index is 2.29. The number of ether oxygens (including phenoxy) is 1. The van der Waals surface area contributed by atoms with Gasteiger partial charge in [0.1, 0.15) is 5.75 Å². The van der Waals surface area contributed by atoms with Gasteiger partial charge in [-0.1, -0.05) is 11.6 Å². The van der Waals surface area contributed by atoms with Crippen molar-refractivity contribution in [1.29, 1.82) is 0 Å². The standard InChI is InChI=1S/C14H16O3/c1-9-7-10-3-4-11(17-2)8-13(10)12(9)5-6-14(15)16/h3-4,8H,5-7H2,1-2H3,(H,15,16). The first-order valence-corrected chi connectivity index (χ1v) is 5.69. The second-order valence-corrected chi connectivity index (χ2v) is 4.35. The summed E-state index contributed by atoms with van der Waals surface area (Å²) in [4.78, 5) is 10.7. The lowest BCUT2D eigenvalue weighted by molar-refractivity contribution is -0.136. The molecule has 0 fully saturated rings. The number of carboxylic acid groups (broad SMARTS) is 1. The van der Waals surface area contributed by atoms with E-state index in [1.54, 1.807) is 7.11 Å². The van der Waals surface area contributed by atoms with Crippen LogP contribution in [0.5, 0.6) is 5.75 Å². The number of allylic oxidation sites excluding steroid dienone is 2. The molecule has 1 aromatic rings. The molecule has 0 spiro atoms. The van der Waals surface area contributed by atoms with Gasteiger partial charge in [-0.15, -0.1) is 0 Å². The van der Waals surface area contributed by atoms with Crippen LogP contribution in [-0.2, 0) is 11.2 Å². The predicted octanol–water partition coefficient (Wildman–Crippen LogP) is 2.89. The summed E-state index contributed by atoms with van der Waals surface area (Å²) in [5.41, 5.74) is 4.86. The van der Waals surface area contributed by atoms with Gasteiger partial charge in [-0.25, -0.2) is 0 Å². The molecule has 1 aliphatic carbocycles. The highest BCUT2D eigenvalue weighted by molar-refractivity contribution is 5.79. The van der Waals surface area contributed by atoms with Crippen molar-refractivity contribution in [3.05, 3.63) is 34.9 Å². The van der Waals surface area contributed by atoms with E-state index in [1.165, 1.54) is 16.7 Å². The Kier molecular flexibility index (Phi) is 3.18. The molecule has 0 aromatic heterocycles. The molecule has 0 heterocycles. The molecule has 1 N–H and O–H groups in total. The molecule has 0 saturated heterocycles. The summed E-state index contributed by atoms with van der Waals surface area (Å²) in [7, 11) is 1.64. The lowest BCUT2D eigenvalue weighted by atomic mass is 10.0. The van der Waals surface area contributed by atoms with E-state index in [0.717, 1.165) is 17.7 Å². The third-order valence-corrected chi connectivity index (χ3v) is 3.20. The Bertz CT molecular complexity index is 486. The summed E-state index contributed by atoms with van der Waals surface area (Å²) in [5, 5.41) is 8.76. The number of methoxy groups -OCH3 is 1. The number of benzene rings is 1. The zero-order valence-electron chi connectivity index (χ0n) is 10.1. The lowest BCUT2D eigenvalue weighted by Gasteiger charge is -2.07. The van der Waals surface area contributed by atoms with Gasteiger partial charge in [-0.2, -0.15) is 0 Å². The van der Waals surface area contributed by atoms with Crippen LogP contribution in [0.2, 0.25) is 0 Å². The molecular formula is C14H16O3. The van der Waals surface area contributed by atoms with Crippen molar-refractivity contribution in [1.82, 2.24) is 0 Å². The smallest absolute Gasteiger partial charge is 0.303 e. The minimum atomic E-state index is -0.748. The highest BCUT2D eigenvalue weighted by Gasteiger charge is 2.19. The monoisotopic (exact) mass is 232 g/mol. The van der Waals surface area contributed by atoms with Crippen molar-refractivity contribution in [2.75, 3.05) is 7.11 Å². The summed E-state index contributed by atoms with van der Waals surface area (Å²) in [5.74, 6) is 0.0768. The van der Waals surface area contributed by atoms with Gasteiger partial charge >= 0.3 is 5.97 Å². The first-order chi connectivity index (χ1) is 8.11. The van der Waals surface area contributed by atoms with Crippen LogP contribution in [0.25, 0.3) is 5.57 Å². The number of rotatable bonds is 4. The zero-order valence-corrected chi connectivity index (χ0v) is 10.1. The molecule has 0 saturated carbocycles. The molecule has 1 aliphatic rings. The predicted molar refractivity (Wildman–Crippen MR) is 66.2 cm³/mol. The number of hydrogen-bond donors (Lipinski definition) is 1. The van der Waals surface area contributed by atoms with Gasteiger partial charge < -0.3 is 9.84 Å². The third-order valence-electron chi connectivity index (χ3n) is 3.20. The number of carbonyl (C=O) groups is 1. The van der Waals surface area contributed by atoms with Crippen LogP contribution < -0.4 is 4.74 Å². The minimum Gasteiger partial charge on any atom is -0.497 e. The molecule has 17 heavy (non-hydrogen) atoms. The molecule has 0 unspecified atom stereocenters. The van der Waals surface area contributed by atoms with Gasteiger partial charge in [0.2, 0.25) is 0 Å². The molecular weight excluding hydrogens is 216 g/mol. The molecule has 0 radical (unpaired) electrons. The van der Waals surface area contributed by atoms with Crippen LogP contribution in [0.1, 0.15) is 30.9 Å². The van der Waals surface area contributed by atoms with E-state index in [0.29, 0.717) is 6.42 Å². The Morgan fingerprint density at radius 2 is 2.24 bits per heavy atom. The van der Waals surface area contributed by atoms with Crippen molar-refractivity contribution in [2.45, 2.75) is 26.2 Å². The van der Waals surface area contributed by atoms with E-state index in [1.807, 2.05) is 12.1 Å². The van der Waals surface area contributed by atoms with Crippen molar-refractivity contribution < 1.29 is 14.6 Å². The average molecular weight is 232 g/mol. The fraction of sp³-hybridized carbons (Fsp3) is 0.357. The zero-order chi connectivity index (χ0) is 12.4. The van der Waals surface area contributed by atoms with Gasteiger partial charge in [0.15, 0.2) is 0 Å². The number of aliphatic carboxylic acids is 1. The Hall–Kier alpha value is -1.77. The molecule has 0 atom stereocenters. The first-order valence-electron chi connectivity index (χ1n) is 5.69. The van der Waals surface area contributed by atoms with E-state index in [2.05, 4.69) is 13.0 Å². The van der Waals surface area contributed by atoms with E-state index in [-0.39, 0.29) is 6.42 Å². The Morgan fingerprint density at radius 3 is 2.88 bits per heavy atom. The third kappa shape index (κ3) is 2.33. The molecule has 3 nitrogen and oxygen atoms in total. The van der Waals surface area contributed by atoms with Gasteiger partial charge in [-0.05, 0) is 48.6 Å². The summed E-state index contributed by atoms with van der Waals surface area (Å²) >= 11 is 0. The van der Waals surface area contributed by atoms with Crippen LogP contribution in [-0.4, -0.2) is 18.2 Å². The molecule has 3 heteroatoms. The summed E-state index contributed by atoms with van der Waals surface area (Å²) in [6.07, 6.45) is 1.71. The van der Waals surface area contributed by atoms with Crippen LogP contribution >= 0.6 is 0 Å². The Labute approximate surface area is 101 Å². The number of fused-ring (bicyclic) bond motifs is 1. The van der Waals surface area contributed by atoms with Crippen LogP contribution in [0, 0.1) is 0 Å². The van der Waals surface area contributed by atoms with Crippen LogP contribution in [0.15, 0.2) is 23.8 Å². The first kappa shape index (κ1) is 11.7. The number of hydrogen-bond acceptors (Lipinski definition) is 2. The lowest BCUT2D eigenvalue weighted by Crippen LogP contribution is -1.96. The van der Waals surface area contributed by atoms with E-state index in [9.17, 15) is 4.79 Å². The van der Waals surface area contributed by atoms with Gasteiger partial charge in [0.05, 0.1) is 7.11 Å². The van der Waals surface area contributed by atoms with E-state index in [4.69, 9.17) is 9.84 Å². The summed E-state index contributed by atoms with van der Waals surface area (Å²) in [6, 6.07) is 6.01. The highest BCUT2D eigenvalue weighted by atomic mass is 16.5. The van der Waals surface area contributed by atoms with Gasteiger partial charge in [0.25, 0.3) is 0 Å². The topological polar surface area (TPSA) is 46.5 Å². The second-order valence-electron chi connectivity index (χ2n) is 4.35. The van der Waals surface area contributed by atoms with Crippen molar-refractivity contribution >= 4 is 11.5 Å². The fourth-order valence-electron chi connectivity index (χ4n) is 2.32. The molecule has 0 aliphatic heterocycles. The quantitative estimate of drug-likeness (QED) is 0.868. The number of carboxylic acids is 1. The van der Waals surface area contributed by atoms with Crippen LogP contribution in [0.4, 0.5) is 0 Å². The van der Waals surface area contributed by atoms with Crippen molar-refractivity contribution in [2.24, 2.45) is 0 Å². The normalized spacial score (nSPS) is 13.8. The molecule has 90 valence electrons.